The van der Waals surface area contributed by atoms with Crippen molar-refractivity contribution in [2.75, 3.05) is 13.2 Å². The van der Waals surface area contributed by atoms with Crippen molar-refractivity contribution in [3.63, 3.8) is 0 Å². The highest BCUT2D eigenvalue weighted by Gasteiger charge is 2.21. The Morgan fingerprint density at radius 2 is 2.31 bits per heavy atom. The first-order valence-electron chi connectivity index (χ1n) is 5.32. The largest absolute Gasteiger partial charge is 0.486 e. The molecule has 86 valence electrons. The lowest BCUT2D eigenvalue weighted by Gasteiger charge is -2.25. The number of ketones is 1. The normalized spacial score (nSPS) is 18.2. The van der Waals surface area contributed by atoms with Crippen LogP contribution in [-0.2, 0) is 0 Å². The first-order valence-corrected chi connectivity index (χ1v) is 5.32. The van der Waals surface area contributed by atoms with Crippen LogP contribution < -0.4 is 9.47 Å². The summed E-state index contributed by atoms with van der Waals surface area (Å²) in [6.45, 7) is 2.06. The molecule has 4 heteroatoms. The zero-order valence-corrected chi connectivity index (χ0v) is 9.10. The zero-order valence-electron chi connectivity index (χ0n) is 9.10. The molecule has 0 amide bonds. The maximum Gasteiger partial charge on any atom is 0.162 e. The standard InChI is InChI=1S/C12H14O4/c1-2-10(14)8-3-4-11-12(5-8)15-7-9(6-13)16-11/h3-5,9,13H,2,6-7H2,1H3. The molecule has 0 saturated heterocycles. The minimum Gasteiger partial charge on any atom is -0.486 e. The quantitative estimate of drug-likeness (QED) is 0.786. The van der Waals surface area contributed by atoms with Gasteiger partial charge in [0.05, 0.1) is 6.61 Å². The molecular weight excluding hydrogens is 208 g/mol. The summed E-state index contributed by atoms with van der Waals surface area (Å²) in [5.41, 5.74) is 0.632. The number of benzene rings is 1. The van der Waals surface area contributed by atoms with Gasteiger partial charge in [-0.3, -0.25) is 4.79 Å². The summed E-state index contributed by atoms with van der Waals surface area (Å²) in [4.78, 5) is 11.5. The van der Waals surface area contributed by atoms with Gasteiger partial charge < -0.3 is 14.6 Å². The van der Waals surface area contributed by atoms with Gasteiger partial charge in [-0.25, -0.2) is 0 Å². The Hall–Kier alpha value is -1.55. The van der Waals surface area contributed by atoms with Crippen molar-refractivity contribution in [1.82, 2.24) is 0 Å². The number of aliphatic hydroxyl groups excluding tert-OH is 1. The Bertz CT molecular complexity index is 400. The van der Waals surface area contributed by atoms with E-state index < -0.39 is 0 Å². The number of ether oxygens (including phenoxy) is 2. The molecule has 0 bridgehead atoms. The first-order chi connectivity index (χ1) is 7.74. The third-order valence-electron chi connectivity index (χ3n) is 2.51. The summed E-state index contributed by atoms with van der Waals surface area (Å²) in [5.74, 6) is 1.23. The van der Waals surface area contributed by atoms with Crippen molar-refractivity contribution < 1.29 is 19.4 Å². The van der Waals surface area contributed by atoms with E-state index in [9.17, 15) is 4.79 Å². The van der Waals surface area contributed by atoms with Crippen molar-refractivity contribution in [2.24, 2.45) is 0 Å². The Balaban J connectivity index is 2.24. The van der Waals surface area contributed by atoms with Crippen LogP contribution in [0.1, 0.15) is 23.7 Å². The van der Waals surface area contributed by atoms with Crippen LogP contribution in [0, 0.1) is 0 Å². The van der Waals surface area contributed by atoms with Crippen molar-refractivity contribution in [1.29, 1.82) is 0 Å². The van der Waals surface area contributed by atoms with E-state index in [1.807, 2.05) is 6.92 Å². The van der Waals surface area contributed by atoms with E-state index in [4.69, 9.17) is 14.6 Å². The number of carbonyl (C=O) groups is 1. The second-order valence-corrected chi connectivity index (χ2v) is 3.67. The van der Waals surface area contributed by atoms with E-state index in [0.717, 1.165) is 0 Å². The fourth-order valence-electron chi connectivity index (χ4n) is 1.58. The van der Waals surface area contributed by atoms with E-state index in [1.54, 1.807) is 18.2 Å². The lowest BCUT2D eigenvalue weighted by atomic mass is 10.1. The molecule has 0 spiro atoms. The minimum atomic E-state index is -0.319. The predicted molar refractivity (Wildman–Crippen MR) is 58.1 cm³/mol. The average molecular weight is 222 g/mol. The molecule has 1 aromatic rings. The van der Waals surface area contributed by atoms with Crippen LogP contribution >= 0.6 is 0 Å². The average Bonchev–Trinajstić information content (AvgIpc) is 2.36. The lowest BCUT2D eigenvalue weighted by Crippen LogP contribution is -2.32. The van der Waals surface area contributed by atoms with E-state index in [0.29, 0.717) is 30.1 Å². The zero-order chi connectivity index (χ0) is 11.5. The monoisotopic (exact) mass is 222 g/mol. The number of rotatable bonds is 3. The van der Waals surface area contributed by atoms with Gasteiger partial charge in [0, 0.05) is 12.0 Å². The van der Waals surface area contributed by atoms with Crippen molar-refractivity contribution >= 4 is 5.78 Å². The van der Waals surface area contributed by atoms with Crippen LogP contribution in [0.3, 0.4) is 0 Å². The van der Waals surface area contributed by atoms with Gasteiger partial charge in [0.2, 0.25) is 0 Å². The molecule has 0 radical (unpaired) electrons. The number of aliphatic hydroxyl groups is 1. The Labute approximate surface area is 93.8 Å². The van der Waals surface area contributed by atoms with Crippen LogP contribution in [-0.4, -0.2) is 30.2 Å². The summed E-state index contributed by atoms with van der Waals surface area (Å²) in [5, 5.41) is 8.94. The van der Waals surface area contributed by atoms with Crippen LogP contribution in [0.4, 0.5) is 0 Å². The van der Waals surface area contributed by atoms with Crippen LogP contribution in [0.2, 0.25) is 0 Å². The molecule has 0 aromatic heterocycles. The topological polar surface area (TPSA) is 55.8 Å². The van der Waals surface area contributed by atoms with Gasteiger partial charge in [-0.1, -0.05) is 6.92 Å². The molecule has 1 aromatic carbocycles. The van der Waals surface area contributed by atoms with E-state index >= 15 is 0 Å². The summed E-state index contributed by atoms with van der Waals surface area (Å²) in [6.07, 6.45) is 0.152. The van der Waals surface area contributed by atoms with E-state index in [-0.39, 0.29) is 18.5 Å². The third kappa shape index (κ3) is 2.02. The second kappa shape index (κ2) is 4.53. The molecule has 0 fully saturated rings. The Morgan fingerprint density at radius 3 is 3.00 bits per heavy atom. The Morgan fingerprint density at radius 1 is 1.50 bits per heavy atom. The number of hydrogen-bond donors (Lipinski definition) is 1. The van der Waals surface area contributed by atoms with Crippen LogP contribution in [0.15, 0.2) is 18.2 Å². The molecule has 1 atom stereocenters. The van der Waals surface area contributed by atoms with Crippen molar-refractivity contribution in [2.45, 2.75) is 19.4 Å². The molecule has 0 aliphatic carbocycles. The number of hydrogen-bond acceptors (Lipinski definition) is 4. The molecule has 2 rings (SSSR count). The highest BCUT2D eigenvalue weighted by Crippen LogP contribution is 2.32. The van der Waals surface area contributed by atoms with Crippen molar-refractivity contribution in [3.05, 3.63) is 23.8 Å². The third-order valence-corrected chi connectivity index (χ3v) is 2.51. The lowest BCUT2D eigenvalue weighted by molar-refractivity contribution is 0.0455. The number of carbonyl (C=O) groups excluding carboxylic acids is 1. The fraction of sp³-hybridized carbons (Fsp3) is 0.417. The first kappa shape index (κ1) is 11.0. The van der Waals surface area contributed by atoms with Gasteiger partial charge in [0.1, 0.15) is 6.61 Å². The summed E-state index contributed by atoms with van der Waals surface area (Å²) in [7, 11) is 0. The molecule has 1 heterocycles. The van der Waals surface area contributed by atoms with Gasteiger partial charge >= 0.3 is 0 Å². The molecule has 1 N–H and O–H groups in total. The van der Waals surface area contributed by atoms with Gasteiger partial charge in [0.15, 0.2) is 23.4 Å². The summed E-state index contributed by atoms with van der Waals surface area (Å²) >= 11 is 0. The molecule has 4 nitrogen and oxygen atoms in total. The fourth-order valence-corrected chi connectivity index (χ4v) is 1.58. The molecule has 1 aliphatic heterocycles. The summed E-state index contributed by atoms with van der Waals surface area (Å²) in [6, 6.07) is 5.11. The highest BCUT2D eigenvalue weighted by molar-refractivity contribution is 5.96. The summed E-state index contributed by atoms with van der Waals surface area (Å²) < 4.78 is 10.9. The molecule has 1 unspecified atom stereocenters. The van der Waals surface area contributed by atoms with E-state index in [2.05, 4.69) is 0 Å². The van der Waals surface area contributed by atoms with Crippen LogP contribution in [0.25, 0.3) is 0 Å². The molecular formula is C12H14O4. The second-order valence-electron chi connectivity index (χ2n) is 3.67. The van der Waals surface area contributed by atoms with Crippen LogP contribution in [0.5, 0.6) is 11.5 Å². The Kier molecular flexibility index (Phi) is 3.10. The predicted octanol–water partition coefficient (Wildman–Crippen LogP) is 1.41. The van der Waals surface area contributed by atoms with Crippen molar-refractivity contribution in [3.8, 4) is 11.5 Å². The molecule has 1 aliphatic rings. The SMILES string of the molecule is CCC(=O)c1ccc2c(c1)OCC(CO)O2. The maximum absolute atomic E-state index is 11.5. The van der Waals surface area contributed by atoms with Gasteiger partial charge in [0.25, 0.3) is 0 Å². The maximum atomic E-state index is 11.5. The van der Waals surface area contributed by atoms with Gasteiger partial charge in [-0.05, 0) is 18.2 Å². The van der Waals surface area contributed by atoms with E-state index in [1.165, 1.54) is 0 Å². The highest BCUT2D eigenvalue weighted by atomic mass is 16.6. The smallest absolute Gasteiger partial charge is 0.162 e. The minimum absolute atomic E-state index is 0.0743. The molecule has 0 saturated carbocycles. The van der Waals surface area contributed by atoms with Gasteiger partial charge in [-0.2, -0.15) is 0 Å². The number of Topliss-reactive ketones (excluding diaryl/α,β-unsaturated/α-hetero) is 1. The molecule has 16 heavy (non-hydrogen) atoms. The number of fused-ring (bicyclic) bond motifs is 1. The van der Waals surface area contributed by atoms with Gasteiger partial charge in [-0.15, -0.1) is 0 Å².